The normalized spacial score (nSPS) is 11.3. The van der Waals surface area contributed by atoms with Gasteiger partial charge in [0.15, 0.2) is 0 Å². The van der Waals surface area contributed by atoms with Crippen molar-refractivity contribution >= 4 is 5.96 Å². The fourth-order valence-electron chi connectivity index (χ4n) is 1.26. The van der Waals surface area contributed by atoms with Crippen molar-refractivity contribution in [1.29, 1.82) is 0 Å². The van der Waals surface area contributed by atoms with Crippen LogP contribution in [0.25, 0.3) is 0 Å². The Hall–Kier alpha value is -1.55. The van der Waals surface area contributed by atoms with Crippen LogP contribution in [0.3, 0.4) is 0 Å². The molecule has 16 heavy (non-hydrogen) atoms. The molecule has 0 aliphatic rings. The van der Waals surface area contributed by atoms with Gasteiger partial charge in [-0.2, -0.15) is 0 Å². The van der Waals surface area contributed by atoms with Crippen molar-refractivity contribution in [1.82, 2.24) is 10.7 Å². The van der Waals surface area contributed by atoms with E-state index < -0.39 is 0 Å². The number of hydrogen-bond donors (Lipinski definition) is 3. The van der Waals surface area contributed by atoms with Crippen LogP contribution in [0.15, 0.2) is 29.3 Å². The molecular formula is C12H20N4. The Kier molecular flexibility index (Phi) is 5.36. The molecule has 0 saturated carbocycles. The summed E-state index contributed by atoms with van der Waals surface area (Å²) in [6.45, 7) is 5.68. The molecule has 4 nitrogen and oxygen atoms in total. The number of nitrogens with one attached hydrogen (secondary N) is 2. The van der Waals surface area contributed by atoms with Gasteiger partial charge in [-0.3, -0.25) is 5.43 Å². The van der Waals surface area contributed by atoms with E-state index in [0.29, 0.717) is 12.5 Å². The summed E-state index contributed by atoms with van der Waals surface area (Å²) in [7, 11) is 0. The maximum atomic E-state index is 5.36. The zero-order valence-corrected chi connectivity index (χ0v) is 9.96. The summed E-state index contributed by atoms with van der Waals surface area (Å²) >= 11 is 0. The van der Waals surface area contributed by atoms with E-state index in [-0.39, 0.29) is 0 Å². The predicted octanol–water partition coefficient (Wildman–Crippen LogP) is 1.31. The van der Waals surface area contributed by atoms with Gasteiger partial charge in [0.25, 0.3) is 0 Å². The Morgan fingerprint density at radius 1 is 1.31 bits per heavy atom. The van der Waals surface area contributed by atoms with Gasteiger partial charge in [0.1, 0.15) is 0 Å². The van der Waals surface area contributed by atoms with Crippen LogP contribution < -0.4 is 16.6 Å². The fraction of sp³-hybridized carbons (Fsp3) is 0.417. The van der Waals surface area contributed by atoms with Crippen molar-refractivity contribution < 1.29 is 0 Å². The lowest BCUT2D eigenvalue weighted by molar-refractivity contribution is 0.790. The minimum atomic E-state index is 0.635. The lowest BCUT2D eigenvalue weighted by atomic mass is 10.1. The number of nitrogens with zero attached hydrogens (tertiary/aromatic N) is 1. The number of nitrogens with two attached hydrogens (primary N) is 1. The molecule has 0 spiro atoms. The summed E-state index contributed by atoms with van der Waals surface area (Å²) < 4.78 is 0. The van der Waals surface area contributed by atoms with E-state index in [1.54, 1.807) is 0 Å². The monoisotopic (exact) mass is 220 g/mol. The van der Waals surface area contributed by atoms with Gasteiger partial charge in [-0.1, -0.05) is 36.8 Å². The molecule has 0 saturated heterocycles. The van der Waals surface area contributed by atoms with Crippen LogP contribution >= 0.6 is 0 Å². The van der Waals surface area contributed by atoms with Gasteiger partial charge in [-0.05, 0) is 18.9 Å². The molecule has 0 radical (unpaired) electrons. The number of aryl methyl sites for hydroxylation is 1. The number of hydrogen-bond acceptors (Lipinski definition) is 2. The molecule has 88 valence electrons. The average molecular weight is 220 g/mol. The molecule has 1 aromatic rings. The third kappa shape index (κ3) is 4.31. The van der Waals surface area contributed by atoms with Crippen molar-refractivity contribution in [3.05, 3.63) is 35.4 Å². The average Bonchev–Trinajstić information content (AvgIpc) is 2.32. The molecule has 1 rings (SSSR count). The van der Waals surface area contributed by atoms with Crippen LogP contribution in [-0.4, -0.2) is 12.5 Å². The topological polar surface area (TPSA) is 62.4 Å². The van der Waals surface area contributed by atoms with Gasteiger partial charge in [-0.15, -0.1) is 0 Å². The molecule has 4 heteroatoms. The molecule has 0 aliphatic heterocycles. The smallest absolute Gasteiger partial charge is 0.206 e. The molecule has 0 fully saturated rings. The Labute approximate surface area is 96.9 Å². The minimum Gasteiger partial charge on any atom is -0.355 e. The lowest BCUT2D eigenvalue weighted by Crippen LogP contribution is -2.41. The summed E-state index contributed by atoms with van der Waals surface area (Å²) in [5.74, 6) is 6.00. The maximum absolute atomic E-state index is 5.36. The third-order valence-corrected chi connectivity index (χ3v) is 2.22. The fourth-order valence-corrected chi connectivity index (χ4v) is 1.26. The highest BCUT2D eigenvalue weighted by atomic mass is 15.3. The number of guanidine groups is 1. The molecule has 0 amide bonds. The van der Waals surface area contributed by atoms with Crippen molar-refractivity contribution in [3.63, 3.8) is 0 Å². The van der Waals surface area contributed by atoms with Gasteiger partial charge in [-0.25, -0.2) is 10.8 Å². The number of rotatable bonds is 4. The highest BCUT2D eigenvalue weighted by Crippen LogP contribution is 2.03. The minimum absolute atomic E-state index is 0.635. The van der Waals surface area contributed by atoms with E-state index in [1.165, 1.54) is 11.1 Å². The molecule has 0 bridgehead atoms. The summed E-state index contributed by atoms with van der Waals surface area (Å²) in [6, 6.07) is 8.32. The first kappa shape index (κ1) is 12.5. The van der Waals surface area contributed by atoms with E-state index >= 15 is 0 Å². The predicted molar refractivity (Wildman–Crippen MR) is 67.9 cm³/mol. The SMILES string of the molecule is CCCNC(=NCc1ccc(C)cc1)NN. The molecule has 0 aromatic heterocycles. The molecule has 0 aliphatic carbocycles. The van der Waals surface area contributed by atoms with E-state index in [9.17, 15) is 0 Å². The Morgan fingerprint density at radius 3 is 2.56 bits per heavy atom. The van der Waals surface area contributed by atoms with Crippen molar-refractivity contribution in [2.45, 2.75) is 26.8 Å². The third-order valence-electron chi connectivity index (χ3n) is 2.22. The summed E-state index contributed by atoms with van der Waals surface area (Å²) in [6.07, 6.45) is 1.05. The van der Waals surface area contributed by atoms with Crippen LogP contribution in [0.2, 0.25) is 0 Å². The van der Waals surface area contributed by atoms with Gasteiger partial charge < -0.3 is 5.32 Å². The number of hydrazine groups is 1. The van der Waals surface area contributed by atoms with Crippen molar-refractivity contribution in [2.75, 3.05) is 6.54 Å². The Balaban J connectivity index is 2.52. The summed E-state index contributed by atoms with van der Waals surface area (Å²) in [5, 5.41) is 3.11. The first-order valence-corrected chi connectivity index (χ1v) is 5.56. The quantitative estimate of drug-likeness (QED) is 0.310. The van der Waals surface area contributed by atoms with Crippen LogP contribution in [-0.2, 0) is 6.54 Å². The van der Waals surface area contributed by atoms with E-state index in [2.05, 4.69) is 53.8 Å². The Morgan fingerprint density at radius 2 is 2.00 bits per heavy atom. The Bertz CT molecular complexity index is 329. The van der Waals surface area contributed by atoms with E-state index in [0.717, 1.165) is 13.0 Å². The van der Waals surface area contributed by atoms with Crippen LogP contribution in [0.4, 0.5) is 0 Å². The van der Waals surface area contributed by atoms with Crippen LogP contribution in [0.5, 0.6) is 0 Å². The molecule has 0 atom stereocenters. The van der Waals surface area contributed by atoms with E-state index in [4.69, 9.17) is 5.84 Å². The first-order valence-electron chi connectivity index (χ1n) is 5.56. The standard InChI is InChI=1S/C12H20N4/c1-3-8-14-12(16-13)15-9-11-6-4-10(2)5-7-11/h4-7H,3,8-9,13H2,1-2H3,(H2,14,15,16). The van der Waals surface area contributed by atoms with Gasteiger partial charge in [0.05, 0.1) is 6.54 Å². The van der Waals surface area contributed by atoms with E-state index in [1.807, 2.05) is 0 Å². The largest absolute Gasteiger partial charge is 0.355 e. The first-order chi connectivity index (χ1) is 7.76. The highest BCUT2D eigenvalue weighted by molar-refractivity contribution is 5.79. The second-order valence-corrected chi connectivity index (χ2v) is 3.72. The van der Waals surface area contributed by atoms with Crippen LogP contribution in [0.1, 0.15) is 24.5 Å². The molecule has 0 heterocycles. The maximum Gasteiger partial charge on any atom is 0.206 e. The van der Waals surface area contributed by atoms with Gasteiger partial charge in [0, 0.05) is 6.54 Å². The van der Waals surface area contributed by atoms with Crippen molar-refractivity contribution in [2.24, 2.45) is 10.8 Å². The molecular weight excluding hydrogens is 200 g/mol. The van der Waals surface area contributed by atoms with Gasteiger partial charge >= 0.3 is 0 Å². The highest BCUT2D eigenvalue weighted by Gasteiger charge is 1.94. The summed E-state index contributed by atoms with van der Waals surface area (Å²) in [5.41, 5.74) is 4.99. The van der Waals surface area contributed by atoms with Gasteiger partial charge in [0.2, 0.25) is 5.96 Å². The second kappa shape index (κ2) is 6.85. The molecule has 0 unspecified atom stereocenters. The lowest BCUT2D eigenvalue weighted by Gasteiger charge is -2.07. The zero-order valence-electron chi connectivity index (χ0n) is 9.96. The van der Waals surface area contributed by atoms with Crippen LogP contribution in [0, 0.1) is 6.92 Å². The number of aliphatic imine (C=N–C) groups is 1. The second-order valence-electron chi connectivity index (χ2n) is 3.72. The molecule has 1 aromatic carbocycles. The summed E-state index contributed by atoms with van der Waals surface area (Å²) in [4.78, 5) is 4.35. The zero-order chi connectivity index (χ0) is 11.8. The number of benzene rings is 1. The molecule has 4 N–H and O–H groups in total. The van der Waals surface area contributed by atoms with Crippen molar-refractivity contribution in [3.8, 4) is 0 Å².